The van der Waals surface area contributed by atoms with E-state index in [1.54, 1.807) is 7.11 Å². The Morgan fingerprint density at radius 2 is 1.74 bits per heavy atom. The number of aromatic nitrogens is 1. The fraction of sp³-hybridized carbons (Fsp3) is 0.333. The number of hydrogen-bond donors (Lipinski definition) is 1. The van der Waals surface area contributed by atoms with Gasteiger partial charge in [-0.2, -0.15) is 0 Å². The van der Waals surface area contributed by atoms with Crippen LogP contribution in [0.3, 0.4) is 0 Å². The van der Waals surface area contributed by atoms with Crippen LogP contribution >= 0.6 is 11.6 Å². The molecule has 1 aliphatic rings. The first kappa shape index (κ1) is 21.2. The summed E-state index contributed by atoms with van der Waals surface area (Å²) in [7, 11) is 1.58. The number of carbonyl (C=O) groups excluding carboxylic acids is 2. The molecule has 0 radical (unpaired) electrons. The van der Waals surface area contributed by atoms with Crippen molar-refractivity contribution in [2.75, 3.05) is 33.3 Å². The molecule has 4 rings (SSSR count). The Bertz CT molecular complexity index is 1090. The Kier molecular flexibility index (Phi) is 6.47. The fourth-order valence-corrected chi connectivity index (χ4v) is 4.31. The van der Waals surface area contributed by atoms with E-state index in [9.17, 15) is 9.59 Å². The van der Waals surface area contributed by atoms with E-state index in [0.29, 0.717) is 56.2 Å². The first-order chi connectivity index (χ1) is 15.0. The summed E-state index contributed by atoms with van der Waals surface area (Å²) in [5.41, 5.74) is 3.06. The number of rotatable bonds is 6. The number of H-pyrrole nitrogens is 1. The van der Waals surface area contributed by atoms with Crippen molar-refractivity contribution in [3.05, 3.63) is 64.8 Å². The molecule has 1 saturated heterocycles. The fourth-order valence-electron chi connectivity index (χ4n) is 4.03. The van der Waals surface area contributed by atoms with E-state index < -0.39 is 0 Å². The van der Waals surface area contributed by atoms with Gasteiger partial charge in [0.25, 0.3) is 0 Å². The standard InChI is InChI=1S/C24H26ClN3O3/c1-31-22-8-6-17(14-20(22)25)7-9-23(29)27-10-12-28(13-11-27)24(30)15-18-16-26-21-5-3-2-4-19(18)21/h2-6,8,14,16,26H,7,9-13,15H2,1H3. The first-order valence-electron chi connectivity index (χ1n) is 10.5. The maximum atomic E-state index is 12.8. The van der Waals surface area contributed by atoms with Crippen LogP contribution in [0.1, 0.15) is 17.5 Å². The number of fused-ring (bicyclic) bond motifs is 1. The van der Waals surface area contributed by atoms with Crippen molar-refractivity contribution in [1.29, 1.82) is 0 Å². The zero-order valence-electron chi connectivity index (χ0n) is 17.6. The number of hydrogen-bond acceptors (Lipinski definition) is 3. The number of piperazine rings is 1. The predicted octanol–water partition coefficient (Wildman–Crippen LogP) is 3.68. The van der Waals surface area contributed by atoms with Crippen LogP contribution in [0.2, 0.25) is 5.02 Å². The summed E-state index contributed by atoms with van der Waals surface area (Å²) in [6.45, 7) is 2.28. The van der Waals surface area contributed by atoms with Gasteiger partial charge in [-0.25, -0.2) is 0 Å². The van der Waals surface area contributed by atoms with Crippen LogP contribution in [-0.4, -0.2) is 59.9 Å². The smallest absolute Gasteiger partial charge is 0.227 e. The lowest BCUT2D eigenvalue weighted by molar-refractivity contribution is -0.139. The molecule has 0 unspecified atom stereocenters. The second-order valence-corrected chi connectivity index (χ2v) is 8.17. The van der Waals surface area contributed by atoms with Crippen molar-refractivity contribution in [3.8, 4) is 5.75 Å². The maximum absolute atomic E-state index is 12.8. The summed E-state index contributed by atoms with van der Waals surface area (Å²) < 4.78 is 5.16. The van der Waals surface area contributed by atoms with Gasteiger partial charge >= 0.3 is 0 Å². The van der Waals surface area contributed by atoms with Crippen molar-refractivity contribution < 1.29 is 14.3 Å². The highest BCUT2D eigenvalue weighted by Gasteiger charge is 2.24. The minimum absolute atomic E-state index is 0.102. The Morgan fingerprint density at radius 3 is 2.45 bits per heavy atom. The zero-order valence-corrected chi connectivity index (χ0v) is 18.3. The summed E-state index contributed by atoms with van der Waals surface area (Å²) in [5, 5.41) is 1.64. The number of ether oxygens (including phenoxy) is 1. The van der Waals surface area contributed by atoms with Gasteiger partial charge in [0.2, 0.25) is 11.8 Å². The Balaban J connectivity index is 1.26. The number of nitrogens with one attached hydrogen (secondary N) is 1. The number of methoxy groups -OCH3 is 1. The van der Waals surface area contributed by atoms with Gasteiger partial charge in [0.1, 0.15) is 5.75 Å². The van der Waals surface area contributed by atoms with Crippen molar-refractivity contribution in [3.63, 3.8) is 0 Å². The molecule has 2 heterocycles. The number of benzene rings is 2. The molecule has 2 aromatic carbocycles. The van der Waals surface area contributed by atoms with E-state index in [-0.39, 0.29) is 11.8 Å². The highest BCUT2D eigenvalue weighted by Crippen LogP contribution is 2.25. The van der Waals surface area contributed by atoms with Gasteiger partial charge < -0.3 is 19.5 Å². The van der Waals surface area contributed by atoms with Crippen LogP contribution < -0.4 is 4.74 Å². The van der Waals surface area contributed by atoms with Gasteiger partial charge in [0.05, 0.1) is 18.6 Å². The molecule has 0 atom stereocenters. The lowest BCUT2D eigenvalue weighted by atomic mass is 10.1. The normalized spacial score (nSPS) is 14.1. The highest BCUT2D eigenvalue weighted by molar-refractivity contribution is 6.32. The molecule has 0 spiro atoms. The van der Waals surface area contributed by atoms with E-state index in [2.05, 4.69) is 4.98 Å². The van der Waals surface area contributed by atoms with Gasteiger partial charge in [-0.1, -0.05) is 35.9 Å². The Labute approximate surface area is 186 Å². The van der Waals surface area contributed by atoms with Crippen LogP contribution in [0, 0.1) is 0 Å². The molecule has 6 nitrogen and oxygen atoms in total. The topological polar surface area (TPSA) is 65.6 Å². The SMILES string of the molecule is COc1ccc(CCC(=O)N2CCN(C(=O)Cc3c[nH]c4ccccc34)CC2)cc1Cl. The van der Waals surface area contributed by atoms with E-state index in [4.69, 9.17) is 16.3 Å². The summed E-state index contributed by atoms with van der Waals surface area (Å²) in [4.78, 5) is 32.3. The average Bonchev–Trinajstić information content (AvgIpc) is 3.20. The van der Waals surface area contributed by atoms with Gasteiger partial charge in [-0.15, -0.1) is 0 Å². The number of amides is 2. The minimum atomic E-state index is 0.102. The Morgan fingerprint density at radius 1 is 1.03 bits per heavy atom. The third-order valence-electron chi connectivity index (χ3n) is 5.85. The number of para-hydroxylation sites is 1. The minimum Gasteiger partial charge on any atom is -0.495 e. The highest BCUT2D eigenvalue weighted by atomic mass is 35.5. The third kappa shape index (κ3) is 4.85. The molecule has 7 heteroatoms. The molecule has 0 aliphatic carbocycles. The lowest BCUT2D eigenvalue weighted by Gasteiger charge is -2.35. The molecule has 1 N–H and O–H groups in total. The van der Waals surface area contributed by atoms with E-state index in [1.165, 1.54) is 0 Å². The summed E-state index contributed by atoms with van der Waals surface area (Å²) in [6.07, 6.45) is 3.33. The molecule has 1 fully saturated rings. The summed E-state index contributed by atoms with van der Waals surface area (Å²) in [6, 6.07) is 13.6. The van der Waals surface area contributed by atoms with Gasteiger partial charge in [-0.05, 0) is 35.7 Å². The van der Waals surface area contributed by atoms with E-state index in [1.807, 2.05) is 58.5 Å². The third-order valence-corrected chi connectivity index (χ3v) is 6.14. The van der Waals surface area contributed by atoms with E-state index >= 15 is 0 Å². The van der Waals surface area contributed by atoms with E-state index in [0.717, 1.165) is 22.0 Å². The summed E-state index contributed by atoms with van der Waals surface area (Å²) in [5.74, 6) is 0.838. The first-order valence-corrected chi connectivity index (χ1v) is 10.9. The van der Waals surface area contributed by atoms with Crippen molar-refractivity contribution in [2.24, 2.45) is 0 Å². The van der Waals surface area contributed by atoms with Crippen molar-refractivity contribution >= 4 is 34.3 Å². The largest absolute Gasteiger partial charge is 0.495 e. The van der Waals surface area contributed by atoms with Gasteiger partial charge in [0.15, 0.2) is 0 Å². The number of carbonyl (C=O) groups is 2. The lowest BCUT2D eigenvalue weighted by Crippen LogP contribution is -2.51. The van der Waals surface area contributed by atoms with Gasteiger partial charge in [0, 0.05) is 49.7 Å². The quantitative estimate of drug-likeness (QED) is 0.637. The molecular formula is C24H26ClN3O3. The number of aryl methyl sites for hydroxylation is 1. The molecule has 1 aliphatic heterocycles. The summed E-state index contributed by atoms with van der Waals surface area (Å²) >= 11 is 6.16. The van der Waals surface area contributed by atoms with Crippen molar-refractivity contribution in [2.45, 2.75) is 19.3 Å². The van der Waals surface area contributed by atoms with Crippen LogP contribution in [0.4, 0.5) is 0 Å². The molecule has 3 aromatic rings. The van der Waals surface area contributed by atoms with Crippen molar-refractivity contribution in [1.82, 2.24) is 14.8 Å². The van der Waals surface area contributed by atoms with Crippen LogP contribution in [0.15, 0.2) is 48.7 Å². The monoisotopic (exact) mass is 439 g/mol. The van der Waals surface area contributed by atoms with Crippen LogP contribution in [-0.2, 0) is 22.4 Å². The molecule has 0 bridgehead atoms. The number of aromatic amines is 1. The predicted molar refractivity (Wildman–Crippen MR) is 121 cm³/mol. The average molecular weight is 440 g/mol. The molecule has 162 valence electrons. The number of halogens is 1. The number of nitrogens with zero attached hydrogens (tertiary/aromatic N) is 2. The molecule has 31 heavy (non-hydrogen) atoms. The molecule has 0 saturated carbocycles. The van der Waals surface area contributed by atoms with Crippen LogP contribution in [0.5, 0.6) is 5.75 Å². The van der Waals surface area contributed by atoms with Gasteiger partial charge in [-0.3, -0.25) is 9.59 Å². The van der Waals surface area contributed by atoms with Crippen LogP contribution in [0.25, 0.3) is 10.9 Å². The second-order valence-electron chi connectivity index (χ2n) is 7.77. The molecule has 1 aromatic heterocycles. The second kappa shape index (κ2) is 9.43. The maximum Gasteiger partial charge on any atom is 0.227 e. The molecule has 2 amide bonds. The zero-order chi connectivity index (χ0) is 21.8. The molecular weight excluding hydrogens is 414 g/mol. The Hall–Kier alpha value is -2.99.